The van der Waals surface area contributed by atoms with E-state index in [0.29, 0.717) is 0 Å². The second-order valence-corrected chi connectivity index (χ2v) is 10.5. The Kier molecular flexibility index (Phi) is 8.97. The van der Waals surface area contributed by atoms with Gasteiger partial charge in [-0.25, -0.2) is 0 Å². The van der Waals surface area contributed by atoms with Crippen molar-refractivity contribution < 1.29 is 84.6 Å². The minimum absolute atomic E-state index is 0.284. The number of fused-ring (bicyclic) bond motifs is 1. The third kappa shape index (κ3) is 5.91. The summed E-state index contributed by atoms with van der Waals surface area (Å²) in [7, 11) is 0. The number of hydrogen-bond donors (Lipinski definition) is 12. The number of aliphatic hydroxyl groups excluding tert-OH is 7. The molecule has 0 bridgehead atoms. The van der Waals surface area contributed by atoms with Gasteiger partial charge in [0.1, 0.15) is 71.3 Å². The summed E-state index contributed by atoms with van der Waals surface area (Å²) >= 11 is 0. The lowest BCUT2D eigenvalue weighted by Crippen LogP contribution is -2.62. The van der Waals surface area contributed by atoms with Crippen LogP contribution in [0.15, 0.2) is 33.5 Å². The minimum Gasteiger partial charge on any atom is -0.508 e. The van der Waals surface area contributed by atoms with Gasteiger partial charge in [0.15, 0.2) is 29.3 Å². The Labute approximate surface area is 250 Å². The number of benzene rings is 2. The summed E-state index contributed by atoms with van der Waals surface area (Å²) in [5.74, 6) is -5.28. The summed E-state index contributed by atoms with van der Waals surface area (Å²) in [5.41, 5.74) is -1.80. The maximum absolute atomic E-state index is 13.6. The van der Waals surface area contributed by atoms with Gasteiger partial charge in [-0.05, 0) is 12.1 Å². The van der Waals surface area contributed by atoms with Gasteiger partial charge in [0.25, 0.3) is 0 Å². The van der Waals surface area contributed by atoms with Gasteiger partial charge >= 0.3 is 0 Å². The lowest BCUT2D eigenvalue weighted by atomic mass is 9.98. The van der Waals surface area contributed by atoms with Gasteiger partial charge in [-0.15, -0.1) is 0 Å². The zero-order valence-electron chi connectivity index (χ0n) is 22.8. The summed E-state index contributed by atoms with van der Waals surface area (Å²) in [6.45, 7) is -1.47. The fourth-order valence-corrected chi connectivity index (χ4v) is 4.96. The Balaban J connectivity index is 1.49. The molecule has 45 heavy (non-hydrogen) atoms. The molecule has 2 aromatic carbocycles. The van der Waals surface area contributed by atoms with E-state index in [1.165, 1.54) is 0 Å². The van der Waals surface area contributed by atoms with Crippen LogP contribution in [-0.4, -0.2) is 136 Å². The summed E-state index contributed by atoms with van der Waals surface area (Å²) in [5, 5.41) is 121. The van der Waals surface area contributed by atoms with E-state index in [1.54, 1.807) is 0 Å². The molecule has 246 valence electrons. The topological polar surface area (TPSA) is 310 Å². The fraction of sp³-hybridized carbons (Fsp3) is 0.444. The Morgan fingerprint density at radius 3 is 1.89 bits per heavy atom. The first-order chi connectivity index (χ1) is 21.2. The average molecular weight is 643 g/mol. The Bertz CT molecular complexity index is 1580. The largest absolute Gasteiger partial charge is 0.508 e. The van der Waals surface area contributed by atoms with Crippen molar-refractivity contribution in [2.45, 2.75) is 61.4 Å². The molecule has 0 saturated carbocycles. The van der Waals surface area contributed by atoms with Crippen molar-refractivity contribution in [1.82, 2.24) is 0 Å². The molecule has 3 aromatic rings. The number of aliphatic hydroxyl groups is 7. The smallest absolute Gasteiger partial charge is 0.239 e. The molecular weight excluding hydrogens is 612 g/mol. The van der Waals surface area contributed by atoms with Crippen molar-refractivity contribution in [3.8, 4) is 45.8 Å². The molecule has 0 amide bonds. The van der Waals surface area contributed by atoms with Gasteiger partial charge in [0.2, 0.25) is 17.5 Å². The number of hydrogen-bond acceptors (Lipinski definition) is 18. The lowest BCUT2D eigenvalue weighted by Gasteiger charge is -2.42. The second-order valence-electron chi connectivity index (χ2n) is 10.5. The van der Waals surface area contributed by atoms with Crippen LogP contribution in [0.5, 0.6) is 34.5 Å². The minimum atomic E-state index is -2.05. The molecule has 18 nitrogen and oxygen atoms in total. The number of ether oxygens (including phenoxy) is 4. The molecule has 0 aliphatic carbocycles. The summed E-state index contributed by atoms with van der Waals surface area (Å²) in [6.07, 6.45) is -17.8. The Morgan fingerprint density at radius 2 is 1.27 bits per heavy atom. The molecule has 1 aromatic heterocycles. The maximum Gasteiger partial charge on any atom is 0.239 e. The molecule has 18 heteroatoms. The van der Waals surface area contributed by atoms with Gasteiger partial charge in [-0.3, -0.25) is 4.79 Å². The highest BCUT2D eigenvalue weighted by Crippen LogP contribution is 2.43. The number of aromatic hydroxyl groups is 5. The average Bonchev–Trinajstić information content (AvgIpc) is 2.99. The summed E-state index contributed by atoms with van der Waals surface area (Å²) in [6, 6.07) is 3.51. The standard InChI is InChI=1S/C27H30O18/c28-5-13-17(34)20(37)22(39)26(43-13)41-6-14-18(35)21(38)23(40)27(44-14)45-25-19(36)15-9(30)3-8(29)4-12(15)42-24(25)7-1-10(31)16(33)11(32)2-7/h1-4,13-14,17-18,20-23,26-35,37-40H,5-6H2/t13-,14-,17-,18-,20+,21+,22-,23-,26-,27+/m1/s1. The highest BCUT2D eigenvalue weighted by atomic mass is 16.7. The zero-order chi connectivity index (χ0) is 32.9. The highest BCUT2D eigenvalue weighted by molar-refractivity contribution is 5.88. The molecular formula is C27H30O18. The zero-order valence-corrected chi connectivity index (χ0v) is 22.8. The van der Waals surface area contributed by atoms with E-state index < -0.39 is 131 Å². The van der Waals surface area contributed by atoms with E-state index in [9.17, 15) is 66.1 Å². The number of rotatable bonds is 7. The van der Waals surface area contributed by atoms with Crippen LogP contribution in [0.3, 0.4) is 0 Å². The number of phenols is 5. The van der Waals surface area contributed by atoms with Gasteiger partial charge in [-0.2, -0.15) is 0 Å². The van der Waals surface area contributed by atoms with Gasteiger partial charge in [0, 0.05) is 17.7 Å². The van der Waals surface area contributed by atoms with Crippen molar-refractivity contribution >= 4 is 11.0 Å². The highest BCUT2D eigenvalue weighted by Gasteiger charge is 2.48. The van der Waals surface area contributed by atoms with E-state index in [4.69, 9.17) is 23.4 Å². The summed E-state index contributed by atoms with van der Waals surface area (Å²) in [4.78, 5) is 13.6. The van der Waals surface area contributed by atoms with E-state index in [1.807, 2.05) is 0 Å². The first kappa shape index (κ1) is 32.4. The molecule has 3 heterocycles. The van der Waals surface area contributed by atoms with Gasteiger partial charge < -0.3 is 84.6 Å². The van der Waals surface area contributed by atoms with E-state index in [0.717, 1.165) is 24.3 Å². The molecule has 0 radical (unpaired) electrons. The molecule has 2 aliphatic heterocycles. The molecule has 2 aliphatic rings. The normalized spacial score (nSPS) is 32.1. The van der Waals surface area contributed by atoms with Gasteiger partial charge in [-0.1, -0.05) is 0 Å². The molecule has 10 atom stereocenters. The lowest BCUT2D eigenvalue weighted by molar-refractivity contribution is -0.323. The Morgan fingerprint density at radius 1 is 0.689 bits per heavy atom. The maximum atomic E-state index is 13.6. The van der Waals surface area contributed by atoms with Crippen LogP contribution in [-0.2, 0) is 14.2 Å². The van der Waals surface area contributed by atoms with Crippen LogP contribution < -0.4 is 10.2 Å². The molecule has 2 fully saturated rings. The molecule has 0 unspecified atom stereocenters. The monoisotopic (exact) mass is 642 g/mol. The SMILES string of the molecule is O=c1c(O[C@@H]2O[C@H](CO[C@@H]3O[C@H](CO)[C@@H](O)[C@H](O)[C@H]3O)[C@@H](O)[C@H](O)[C@H]2O)c(-c2cc(O)c(O)c(O)c2)oc2cc(O)cc(O)c12. The van der Waals surface area contributed by atoms with E-state index in [2.05, 4.69) is 0 Å². The fourth-order valence-electron chi connectivity index (χ4n) is 4.96. The van der Waals surface area contributed by atoms with E-state index in [-0.39, 0.29) is 5.56 Å². The molecule has 5 rings (SSSR count). The van der Waals surface area contributed by atoms with Crippen molar-refractivity contribution in [3.63, 3.8) is 0 Å². The van der Waals surface area contributed by atoms with Crippen LogP contribution in [0.25, 0.3) is 22.3 Å². The van der Waals surface area contributed by atoms with Crippen molar-refractivity contribution in [1.29, 1.82) is 0 Å². The van der Waals surface area contributed by atoms with Crippen LogP contribution in [0.4, 0.5) is 0 Å². The third-order valence-electron chi connectivity index (χ3n) is 7.43. The quantitative estimate of drug-likeness (QED) is 0.114. The first-order valence-corrected chi connectivity index (χ1v) is 13.3. The summed E-state index contributed by atoms with van der Waals surface area (Å²) < 4.78 is 27.5. The molecule has 2 saturated heterocycles. The van der Waals surface area contributed by atoms with Crippen LogP contribution >= 0.6 is 0 Å². The Hall–Kier alpha value is -3.95. The van der Waals surface area contributed by atoms with Crippen molar-refractivity contribution in [2.75, 3.05) is 13.2 Å². The predicted octanol–water partition coefficient (Wildman–Crippen LogP) is -3.01. The van der Waals surface area contributed by atoms with Crippen molar-refractivity contribution in [3.05, 3.63) is 34.5 Å². The van der Waals surface area contributed by atoms with Gasteiger partial charge in [0.05, 0.1) is 13.2 Å². The third-order valence-corrected chi connectivity index (χ3v) is 7.43. The van der Waals surface area contributed by atoms with Crippen LogP contribution in [0.1, 0.15) is 0 Å². The van der Waals surface area contributed by atoms with Crippen LogP contribution in [0, 0.1) is 0 Å². The van der Waals surface area contributed by atoms with E-state index >= 15 is 0 Å². The molecule has 12 N–H and O–H groups in total. The van der Waals surface area contributed by atoms with Crippen LogP contribution in [0.2, 0.25) is 0 Å². The molecule has 0 spiro atoms. The second kappa shape index (κ2) is 12.4. The predicted molar refractivity (Wildman–Crippen MR) is 143 cm³/mol. The number of phenolic OH excluding ortho intramolecular Hbond substituents is 5. The first-order valence-electron chi connectivity index (χ1n) is 13.3. The van der Waals surface area contributed by atoms with Crippen molar-refractivity contribution in [2.24, 2.45) is 0 Å².